The number of nitrogens with one attached hydrogen (secondary N) is 1. The fourth-order valence-electron chi connectivity index (χ4n) is 1.77. The molecule has 0 saturated heterocycles. The van der Waals surface area contributed by atoms with Crippen LogP contribution in [0.5, 0.6) is 0 Å². The SMILES string of the molecule is Cc1cc(C(=O)Nc2ccc(C(N)=O)cc2)c(C)s1. The number of thiophene rings is 1. The molecule has 0 saturated carbocycles. The molecule has 19 heavy (non-hydrogen) atoms. The number of aryl methyl sites for hydroxylation is 2. The van der Waals surface area contributed by atoms with Gasteiger partial charge in [0.05, 0.1) is 5.56 Å². The van der Waals surface area contributed by atoms with Gasteiger partial charge in [0.25, 0.3) is 5.91 Å². The summed E-state index contributed by atoms with van der Waals surface area (Å²) in [6.07, 6.45) is 0. The minimum absolute atomic E-state index is 0.145. The molecular formula is C14H14N2O2S. The first-order valence-corrected chi connectivity index (χ1v) is 6.57. The van der Waals surface area contributed by atoms with Crippen LogP contribution >= 0.6 is 11.3 Å². The van der Waals surface area contributed by atoms with E-state index in [0.29, 0.717) is 16.8 Å². The summed E-state index contributed by atoms with van der Waals surface area (Å²) in [6, 6.07) is 8.36. The smallest absolute Gasteiger partial charge is 0.256 e. The fraction of sp³-hybridized carbons (Fsp3) is 0.143. The van der Waals surface area contributed by atoms with E-state index in [-0.39, 0.29) is 5.91 Å². The Morgan fingerprint density at radius 1 is 1.16 bits per heavy atom. The van der Waals surface area contributed by atoms with E-state index in [1.165, 1.54) is 0 Å². The Balaban J connectivity index is 2.15. The van der Waals surface area contributed by atoms with Gasteiger partial charge in [-0.3, -0.25) is 9.59 Å². The molecule has 0 radical (unpaired) electrons. The number of primary amides is 1. The molecule has 1 aromatic heterocycles. The maximum absolute atomic E-state index is 12.1. The third-order valence-corrected chi connectivity index (χ3v) is 3.68. The number of amides is 2. The number of hydrogen-bond acceptors (Lipinski definition) is 3. The van der Waals surface area contributed by atoms with Crippen molar-refractivity contribution in [1.82, 2.24) is 0 Å². The van der Waals surface area contributed by atoms with E-state index in [1.54, 1.807) is 35.6 Å². The second-order valence-corrected chi connectivity index (χ2v) is 5.68. The van der Waals surface area contributed by atoms with Gasteiger partial charge in [-0.1, -0.05) is 0 Å². The minimum atomic E-state index is -0.484. The number of rotatable bonds is 3. The molecule has 98 valence electrons. The predicted molar refractivity (Wildman–Crippen MR) is 76.7 cm³/mol. The summed E-state index contributed by atoms with van der Waals surface area (Å²) in [5.74, 6) is -0.629. The third-order valence-electron chi connectivity index (χ3n) is 2.71. The lowest BCUT2D eigenvalue weighted by atomic mass is 10.2. The van der Waals surface area contributed by atoms with Crippen LogP contribution < -0.4 is 11.1 Å². The summed E-state index contributed by atoms with van der Waals surface area (Å²) in [4.78, 5) is 25.1. The highest BCUT2D eigenvalue weighted by molar-refractivity contribution is 7.12. The van der Waals surface area contributed by atoms with Crippen LogP contribution in [0.1, 0.15) is 30.5 Å². The van der Waals surface area contributed by atoms with Gasteiger partial charge in [-0.15, -0.1) is 11.3 Å². The fourth-order valence-corrected chi connectivity index (χ4v) is 2.69. The van der Waals surface area contributed by atoms with Crippen molar-refractivity contribution >= 4 is 28.8 Å². The Labute approximate surface area is 115 Å². The maximum atomic E-state index is 12.1. The summed E-state index contributed by atoms with van der Waals surface area (Å²) < 4.78 is 0. The average Bonchev–Trinajstić information content (AvgIpc) is 2.69. The molecule has 0 aliphatic heterocycles. The summed E-state index contributed by atoms with van der Waals surface area (Å²) in [5.41, 5.74) is 6.89. The van der Waals surface area contributed by atoms with E-state index in [2.05, 4.69) is 5.32 Å². The van der Waals surface area contributed by atoms with Crippen molar-refractivity contribution in [3.8, 4) is 0 Å². The van der Waals surface area contributed by atoms with Gasteiger partial charge in [0.15, 0.2) is 0 Å². The van der Waals surface area contributed by atoms with Gasteiger partial charge in [0.2, 0.25) is 5.91 Å². The molecule has 0 fully saturated rings. The monoisotopic (exact) mass is 274 g/mol. The highest BCUT2D eigenvalue weighted by Gasteiger charge is 2.12. The zero-order chi connectivity index (χ0) is 14.0. The molecule has 4 nitrogen and oxygen atoms in total. The average molecular weight is 274 g/mol. The van der Waals surface area contributed by atoms with E-state index in [1.807, 2.05) is 19.9 Å². The van der Waals surface area contributed by atoms with Crippen molar-refractivity contribution < 1.29 is 9.59 Å². The van der Waals surface area contributed by atoms with E-state index < -0.39 is 5.91 Å². The molecule has 2 rings (SSSR count). The standard InChI is InChI=1S/C14H14N2O2S/c1-8-7-12(9(2)19-8)14(18)16-11-5-3-10(4-6-11)13(15)17/h3-7H,1-2H3,(H2,15,17)(H,16,18). The van der Waals surface area contributed by atoms with Crippen molar-refractivity contribution in [3.63, 3.8) is 0 Å². The summed E-state index contributed by atoms with van der Waals surface area (Å²) in [7, 11) is 0. The quantitative estimate of drug-likeness (QED) is 0.903. The minimum Gasteiger partial charge on any atom is -0.366 e. The van der Waals surface area contributed by atoms with E-state index in [4.69, 9.17) is 5.73 Å². The number of carbonyl (C=O) groups excluding carboxylic acids is 2. The van der Waals surface area contributed by atoms with Crippen molar-refractivity contribution in [1.29, 1.82) is 0 Å². The van der Waals surface area contributed by atoms with Crippen LogP contribution in [0.15, 0.2) is 30.3 Å². The molecule has 3 N–H and O–H groups in total. The normalized spacial score (nSPS) is 10.2. The first kappa shape index (κ1) is 13.3. The molecule has 2 amide bonds. The lowest BCUT2D eigenvalue weighted by Crippen LogP contribution is -2.13. The third kappa shape index (κ3) is 3.00. The van der Waals surface area contributed by atoms with Crippen molar-refractivity contribution in [3.05, 3.63) is 51.2 Å². The maximum Gasteiger partial charge on any atom is 0.256 e. The van der Waals surface area contributed by atoms with Crippen LogP contribution in [-0.2, 0) is 0 Å². The van der Waals surface area contributed by atoms with Gasteiger partial charge in [0, 0.05) is 21.0 Å². The Bertz CT molecular complexity index is 629. The molecule has 2 aromatic rings. The zero-order valence-electron chi connectivity index (χ0n) is 10.7. The second kappa shape index (κ2) is 5.24. The second-order valence-electron chi connectivity index (χ2n) is 4.22. The van der Waals surface area contributed by atoms with E-state index in [9.17, 15) is 9.59 Å². The topological polar surface area (TPSA) is 72.2 Å². The van der Waals surface area contributed by atoms with Crippen LogP contribution in [0.3, 0.4) is 0 Å². The van der Waals surface area contributed by atoms with Crippen LogP contribution in [0.4, 0.5) is 5.69 Å². The van der Waals surface area contributed by atoms with Gasteiger partial charge < -0.3 is 11.1 Å². The number of benzene rings is 1. The molecule has 5 heteroatoms. The number of hydrogen-bond donors (Lipinski definition) is 2. The molecule has 1 aromatic carbocycles. The van der Waals surface area contributed by atoms with Gasteiger partial charge in [-0.2, -0.15) is 0 Å². The van der Waals surface area contributed by atoms with E-state index in [0.717, 1.165) is 9.75 Å². The van der Waals surface area contributed by atoms with Gasteiger partial charge >= 0.3 is 0 Å². The zero-order valence-corrected chi connectivity index (χ0v) is 11.5. The largest absolute Gasteiger partial charge is 0.366 e. The number of carbonyl (C=O) groups is 2. The first-order chi connectivity index (χ1) is 8.97. The van der Waals surface area contributed by atoms with Crippen molar-refractivity contribution in [2.75, 3.05) is 5.32 Å². The molecule has 1 heterocycles. The molecule has 0 bridgehead atoms. The van der Waals surface area contributed by atoms with Crippen molar-refractivity contribution in [2.45, 2.75) is 13.8 Å². The summed E-state index contributed by atoms with van der Waals surface area (Å²) >= 11 is 1.59. The molecule has 0 aliphatic carbocycles. The molecule has 0 spiro atoms. The van der Waals surface area contributed by atoms with Crippen molar-refractivity contribution in [2.24, 2.45) is 5.73 Å². The summed E-state index contributed by atoms with van der Waals surface area (Å²) in [5, 5.41) is 2.79. The van der Waals surface area contributed by atoms with Crippen LogP contribution in [0.25, 0.3) is 0 Å². The van der Waals surface area contributed by atoms with E-state index >= 15 is 0 Å². The Morgan fingerprint density at radius 3 is 2.26 bits per heavy atom. The van der Waals surface area contributed by atoms with Gasteiger partial charge in [-0.25, -0.2) is 0 Å². The van der Waals surface area contributed by atoms with Gasteiger partial charge in [-0.05, 0) is 44.2 Å². The molecule has 0 unspecified atom stereocenters. The summed E-state index contributed by atoms with van der Waals surface area (Å²) in [6.45, 7) is 3.89. The Hall–Kier alpha value is -2.14. The highest BCUT2D eigenvalue weighted by atomic mass is 32.1. The van der Waals surface area contributed by atoms with Crippen LogP contribution in [0.2, 0.25) is 0 Å². The lowest BCUT2D eigenvalue weighted by molar-refractivity contribution is 0.0998. The number of nitrogens with two attached hydrogens (primary N) is 1. The van der Waals surface area contributed by atoms with Crippen LogP contribution in [0, 0.1) is 13.8 Å². The number of anilines is 1. The molecular weight excluding hydrogens is 260 g/mol. The lowest BCUT2D eigenvalue weighted by Gasteiger charge is -2.05. The van der Waals surface area contributed by atoms with Crippen LogP contribution in [-0.4, -0.2) is 11.8 Å². The Morgan fingerprint density at radius 2 is 1.79 bits per heavy atom. The molecule has 0 atom stereocenters. The first-order valence-electron chi connectivity index (χ1n) is 5.75. The molecule has 0 aliphatic rings. The predicted octanol–water partition coefficient (Wildman–Crippen LogP) is 2.72. The van der Waals surface area contributed by atoms with Gasteiger partial charge in [0.1, 0.15) is 0 Å². The Kier molecular flexibility index (Phi) is 3.66. The highest BCUT2D eigenvalue weighted by Crippen LogP contribution is 2.21.